The van der Waals surface area contributed by atoms with E-state index in [2.05, 4.69) is 9.82 Å². The van der Waals surface area contributed by atoms with Crippen LogP contribution in [0.5, 0.6) is 5.75 Å². The van der Waals surface area contributed by atoms with Gasteiger partial charge < -0.3 is 14.3 Å². The van der Waals surface area contributed by atoms with Crippen LogP contribution in [0.1, 0.15) is 47.8 Å². The molecule has 4 rings (SSSR count). The van der Waals surface area contributed by atoms with Crippen molar-refractivity contribution in [1.29, 1.82) is 0 Å². The smallest absolute Gasteiger partial charge is 0.314 e. The minimum Gasteiger partial charge on any atom is -0.424 e. The van der Waals surface area contributed by atoms with Gasteiger partial charge in [-0.2, -0.15) is 0 Å². The maximum atomic E-state index is 12.7. The molecule has 0 radical (unpaired) electrons. The number of fused-ring (bicyclic) bond motifs is 1. The highest BCUT2D eigenvalue weighted by molar-refractivity contribution is 6.30. The zero-order chi connectivity index (χ0) is 20.5. The highest BCUT2D eigenvalue weighted by Gasteiger charge is 2.35. The maximum absolute atomic E-state index is 12.7. The molecule has 2 heterocycles. The van der Waals surface area contributed by atoms with E-state index in [4.69, 9.17) is 21.1 Å². The Balaban J connectivity index is 1.53. The molecule has 1 saturated carbocycles. The molecule has 1 aliphatic heterocycles. The molecule has 1 aliphatic carbocycles. The zero-order valence-corrected chi connectivity index (χ0v) is 16.4. The summed E-state index contributed by atoms with van der Waals surface area (Å²) >= 11 is 5.97. The molecule has 0 N–H and O–H groups in total. The fraction of sp³-hybridized carbons (Fsp3) is 0.400. The van der Waals surface area contributed by atoms with Gasteiger partial charge in [0.05, 0.1) is 18.2 Å². The number of carbonyl (C=O) groups is 1. The fourth-order valence-electron chi connectivity index (χ4n) is 3.89. The van der Waals surface area contributed by atoms with Crippen LogP contribution in [0, 0.1) is 23.0 Å². The first-order valence-corrected chi connectivity index (χ1v) is 9.68. The van der Waals surface area contributed by atoms with E-state index in [0.717, 1.165) is 16.7 Å². The lowest BCUT2D eigenvalue weighted by Gasteiger charge is -2.15. The molecule has 8 nitrogen and oxygen atoms in total. The van der Waals surface area contributed by atoms with Crippen LogP contribution in [0.25, 0.3) is 0 Å². The van der Waals surface area contributed by atoms with Crippen LogP contribution in [0.3, 0.4) is 0 Å². The number of aromatic nitrogens is 1. The van der Waals surface area contributed by atoms with Crippen LogP contribution in [-0.2, 0) is 21.0 Å². The Morgan fingerprint density at radius 3 is 2.79 bits per heavy atom. The molecule has 29 heavy (non-hydrogen) atoms. The van der Waals surface area contributed by atoms with E-state index in [1.54, 1.807) is 25.3 Å². The van der Waals surface area contributed by atoms with Gasteiger partial charge in [0.25, 0.3) is 5.09 Å². The van der Waals surface area contributed by atoms with Crippen molar-refractivity contribution in [2.24, 2.45) is 5.92 Å². The van der Waals surface area contributed by atoms with Gasteiger partial charge in [-0.15, -0.1) is 10.1 Å². The topological polar surface area (TPSA) is 101 Å². The predicted molar refractivity (Wildman–Crippen MR) is 102 cm³/mol. The Labute approximate surface area is 171 Å². The SMILES string of the molecule is Cc1ncc2c(c1OC(=O)[C@@H]1CC[C@H](O[N+](=O)[O-])C1)COC2c1ccc(Cl)cc1. The Morgan fingerprint density at radius 1 is 1.31 bits per heavy atom. The zero-order valence-electron chi connectivity index (χ0n) is 15.7. The molecular weight excluding hydrogens is 400 g/mol. The fourth-order valence-corrected chi connectivity index (χ4v) is 4.01. The number of rotatable bonds is 5. The highest BCUT2D eigenvalue weighted by atomic mass is 35.5. The number of ether oxygens (including phenoxy) is 2. The second kappa shape index (κ2) is 7.96. The van der Waals surface area contributed by atoms with E-state index in [1.165, 1.54) is 0 Å². The third-order valence-electron chi connectivity index (χ3n) is 5.35. The van der Waals surface area contributed by atoms with Crippen LogP contribution in [0.4, 0.5) is 0 Å². The van der Waals surface area contributed by atoms with Crippen molar-refractivity contribution >= 4 is 17.6 Å². The minimum absolute atomic E-state index is 0.269. The molecule has 0 amide bonds. The number of benzene rings is 1. The van der Waals surface area contributed by atoms with Crippen LogP contribution < -0.4 is 4.74 Å². The summed E-state index contributed by atoms with van der Waals surface area (Å²) in [6.45, 7) is 2.07. The quantitative estimate of drug-likeness (QED) is 0.411. The summed E-state index contributed by atoms with van der Waals surface area (Å²) in [4.78, 5) is 32.1. The Bertz CT molecular complexity index is 949. The monoisotopic (exact) mass is 418 g/mol. The maximum Gasteiger partial charge on any atom is 0.314 e. The van der Waals surface area contributed by atoms with Gasteiger partial charge in [0.2, 0.25) is 0 Å². The summed E-state index contributed by atoms with van der Waals surface area (Å²) in [7, 11) is 0. The molecule has 1 aromatic carbocycles. The van der Waals surface area contributed by atoms with Crippen LogP contribution in [0.2, 0.25) is 5.02 Å². The first-order chi connectivity index (χ1) is 13.9. The van der Waals surface area contributed by atoms with Crippen molar-refractivity contribution in [3.63, 3.8) is 0 Å². The third-order valence-corrected chi connectivity index (χ3v) is 5.61. The molecular formula is C20H19ClN2O6. The van der Waals surface area contributed by atoms with Gasteiger partial charge in [0, 0.05) is 22.3 Å². The molecule has 2 aromatic rings. The van der Waals surface area contributed by atoms with Crippen molar-refractivity contribution in [3.05, 3.63) is 68.0 Å². The first kappa shape index (κ1) is 19.6. The molecule has 3 atom stereocenters. The van der Waals surface area contributed by atoms with Crippen LogP contribution in [-0.4, -0.2) is 22.1 Å². The molecule has 2 aliphatic rings. The Kier molecular flexibility index (Phi) is 5.38. The summed E-state index contributed by atoms with van der Waals surface area (Å²) in [6, 6.07) is 7.37. The van der Waals surface area contributed by atoms with Crippen molar-refractivity contribution in [3.8, 4) is 5.75 Å². The summed E-state index contributed by atoms with van der Waals surface area (Å²) in [6.07, 6.45) is 2.07. The average molecular weight is 419 g/mol. The number of hydrogen-bond acceptors (Lipinski definition) is 7. The third kappa shape index (κ3) is 4.04. The van der Waals surface area contributed by atoms with E-state index < -0.39 is 23.1 Å². The van der Waals surface area contributed by atoms with Gasteiger partial charge in [0.1, 0.15) is 12.2 Å². The normalized spacial score (nSPS) is 22.9. The highest BCUT2D eigenvalue weighted by Crippen LogP contribution is 2.41. The predicted octanol–water partition coefficient (Wildman–Crippen LogP) is 3.95. The molecule has 0 spiro atoms. The van der Waals surface area contributed by atoms with Gasteiger partial charge in [-0.05, 0) is 43.9 Å². The Hall–Kier alpha value is -2.71. The van der Waals surface area contributed by atoms with Gasteiger partial charge in [-0.1, -0.05) is 23.7 Å². The molecule has 152 valence electrons. The van der Waals surface area contributed by atoms with Crippen LogP contribution in [0.15, 0.2) is 30.5 Å². The molecule has 1 unspecified atom stereocenters. The number of halogens is 1. The van der Waals surface area contributed by atoms with Crippen molar-refractivity contribution < 1.29 is 24.2 Å². The lowest BCUT2D eigenvalue weighted by Crippen LogP contribution is -2.21. The van der Waals surface area contributed by atoms with Crippen molar-refractivity contribution in [2.45, 2.75) is 45.0 Å². The number of pyridine rings is 1. The number of esters is 1. The summed E-state index contributed by atoms with van der Waals surface area (Å²) in [5.74, 6) is -0.458. The van der Waals surface area contributed by atoms with Crippen LogP contribution >= 0.6 is 11.6 Å². The van der Waals surface area contributed by atoms with Crippen molar-refractivity contribution in [2.75, 3.05) is 0 Å². The Morgan fingerprint density at radius 2 is 2.07 bits per heavy atom. The van der Waals surface area contributed by atoms with Gasteiger partial charge in [-0.3, -0.25) is 9.78 Å². The lowest BCUT2D eigenvalue weighted by atomic mass is 10.00. The second-order valence-corrected chi connectivity index (χ2v) is 7.67. The summed E-state index contributed by atoms with van der Waals surface area (Å²) in [5.41, 5.74) is 3.17. The van der Waals surface area contributed by atoms with Crippen molar-refractivity contribution in [1.82, 2.24) is 4.98 Å². The molecule has 0 saturated heterocycles. The first-order valence-electron chi connectivity index (χ1n) is 9.30. The van der Waals surface area contributed by atoms with E-state index in [1.807, 2.05) is 12.1 Å². The van der Waals surface area contributed by atoms with E-state index in [9.17, 15) is 14.9 Å². The number of aryl methyl sites for hydroxylation is 1. The lowest BCUT2D eigenvalue weighted by molar-refractivity contribution is -0.768. The van der Waals surface area contributed by atoms with Gasteiger partial charge >= 0.3 is 5.97 Å². The molecule has 1 fully saturated rings. The van der Waals surface area contributed by atoms with E-state index in [0.29, 0.717) is 35.9 Å². The van der Waals surface area contributed by atoms with Gasteiger partial charge in [0.15, 0.2) is 5.75 Å². The standard InChI is InChI=1S/C20H19ClN2O6/c1-11-18(28-20(24)13-4-7-15(8-13)29-23(25)26)17-10-27-19(16(17)9-22-11)12-2-5-14(21)6-3-12/h2-3,5-6,9,13,15,19H,4,7-8,10H2,1H3/t13-,15+,19?/m1/s1. The minimum atomic E-state index is -0.815. The second-order valence-electron chi connectivity index (χ2n) is 7.23. The molecule has 1 aromatic heterocycles. The van der Waals surface area contributed by atoms with E-state index in [-0.39, 0.29) is 12.5 Å². The summed E-state index contributed by atoms with van der Waals surface area (Å²) < 4.78 is 11.6. The number of nitrogens with zero attached hydrogens (tertiary/aromatic N) is 2. The van der Waals surface area contributed by atoms with E-state index >= 15 is 0 Å². The summed E-state index contributed by atoms with van der Waals surface area (Å²) in [5, 5.41) is 10.3. The van der Waals surface area contributed by atoms with Gasteiger partial charge in [-0.25, -0.2) is 0 Å². The molecule has 9 heteroatoms. The number of hydrogen-bond donors (Lipinski definition) is 0. The molecule has 0 bridgehead atoms. The largest absolute Gasteiger partial charge is 0.424 e. The number of carbonyl (C=O) groups excluding carboxylic acids is 1. The average Bonchev–Trinajstić information content (AvgIpc) is 3.31.